The Kier molecular flexibility index (Phi) is 13.5. The van der Waals surface area contributed by atoms with Crippen molar-refractivity contribution >= 4 is 17.7 Å². The van der Waals surface area contributed by atoms with E-state index in [0.717, 1.165) is 25.9 Å². The molecule has 2 unspecified atom stereocenters. The van der Waals surface area contributed by atoms with E-state index in [2.05, 4.69) is 26.6 Å². The zero-order chi connectivity index (χ0) is 29.5. The Morgan fingerprint density at radius 3 is 1.77 bits per heavy atom. The Balaban J connectivity index is 1.51. The number of phenols is 4. The lowest BCUT2D eigenvalue weighted by Crippen LogP contribution is -2.53. The van der Waals surface area contributed by atoms with E-state index in [1.807, 2.05) is 0 Å². The molecule has 2 aromatic rings. The first kappa shape index (κ1) is 32.1. The van der Waals surface area contributed by atoms with Gasteiger partial charge in [-0.2, -0.15) is 0 Å². The number of phenolic OH excluding ortho intramolecular Hbond substituents is 4. The fourth-order valence-corrected chi connectivity index (χ4v) is 3.70. The molecule has 0 aliphatic rings. The summed E-state index contributed by atoms with van der Waals surface area (Å²) in [5.74, 6) is -3.69. The number of carbonyl (C=O) groups is 3. The van der Waals surface area contributed by atoms with Crippen LogP contribution in [0.1, 0.15) is 46.9 Å². The second-order valence-corrected chi connectivity index (χ2v) is 9.15. The summed E-state index contributed by atoms with van der Waals surface area (Å²) in [6.07, 6.45) is 1.33. The molecule has 0 fully saturated rings. The topological polar surface area (TPSA) is 213 Å². The van der Waals surface area contributed by atoms with Gasteiger partial charge in [0.25, 0.3) is 11.8 Å². The Morgan fingerprint density at radius 1 is 0.675 bits per heavy atom. The molecule has 13 heteroatoms. The zero-order valence-corrected chi connectivity index (χ0v) is 22.4. The molecular formula is C27H39N5O8. The molecule has 0 aliphatic heterocycles. The van der Waals surface area contributed by atoms with Crippen molar-refractivity contribution in [3.05, 3.63) is 47.5 Å². The Morgan fingerprint density at radius 2 is 1.20 bits per heavy atom. The van der Waals surface area contributed by atoms with Gasteiger partial charge in [-0.15, -0.1) is 0 Å². The van der Waals surface area contributed by atoms with Crippen molar-refractivity contribution in [1.29, 1.82) is 0 Å². The fourth-order valence-electron chi connectivity index (χ4n) is 3.70. The molecule has 2 atom stereocenters. The van der Waals surface area contributed by atoms with E-state index in [1.54, 1.807) is 0 Å². The third-order valence-electron chi connectivity index (χ3n) is 5.94. The monoisotopic (exact) mass is 561 g/mol. The first-order chi connectivity index (χ1) is 19.1. The van der Waals surface area contributed by atoms with Crippen LogP contribution >= 0.6 is 0 Å². The highest BCUT2D eigenvalue weighted by Crippen LogP contribution is 2.28. The van der Waals surface area contributed by atoms with E-state index in [9.17, 15) is 39.9 Å². The summed E-state index contributed by atoms with van der Waals surface area (Å²) in [4.78, 5) is 36.9. The number of para-hydroxylation sites is 2. The van der Waals surface area contributed by atoms with Crippen LogP contribution in [0.4, 0.5) is 0 Å². The number of hydrogen-bond donors (Lipinski definition) is 10. The highest BCUT2D eigenvalue weighted by atomic mass is 16.3. The van der Waals surface area contributed by atoms with Gasteiger partial charge in [0.2, 0.25) is 5.91 Å². The quantitative estimate of drug-likeness (QED) is 0.0913. The molecule has 220 valence electrons. The molecule has 0 bridgehead atoms. The van der Waals surface area contributed by atoms with E-state index in [4.69, 9.17) is 0 Å². The first-order valence-corrected chi connectivity index (χ1v) is 13.1. The summed E-state index contributed by atoms with van der Waals surface area (Å²) >= 11 is 0. The van der Waals surface area contributed by atoms with Crippen LogP contribution in [0.25, 0.3) is 0 Å². The van der Waals surface area contributed by atoms with E-state index in [0.29, 0.717) is 26.1 Å². The van der Waals surface area contributed by atoms with Crippen LogP contribution in [0.5, 0.6) is 23.0 Å². The predicted molar refractivity (Wildman–Crippen MR) is 147 cm³/mol. The van der Waals surface area contributed by atoms with Gasteiger partial charge in [-0.05, 0) is 70.1 Å². The summed E-state index contributed by atoms with van der Waals surface area (Å²) in [7, 11) is 0. The molecule has 40 heavy (non-hydrogen) atoms. The van der Waals surface area contributed by atoms with Crippen LogP contribution < -0.4 is 26.6 Å². The molecule has 0 spiro atoms. The minimum Gasteiger partial charge on any atom is -0.504 e. The number of aliphatic hydroxyl groups is 1. The lowest BCUT2D eigenvalue weighted by atomic mass is 10.1. The molecule has 0 aromatic heterocycles. The zero-order valence-electron chi connectivity index (χ0n) is 22.4. The van der Waals surface area contributed by atoms with Gasteiger partial charge in [0.1, 0.15) is 6.04 Å². The number of nitrogens with one attached hydrogen (secondary N) is 5. The number of hydrogen-bond acceptors (Lipinski definition) is 10. The lowest BCUT2D eigenvalue weighted by Gasteiger charge is -2.21. The average molecular weight is 562 g/mol. The van der Waals surface area contributed by atoms with Crippen LogP contribution in [-0.4, -0.2) is 94.7 Å². The average Bonchev–Trinajstić information content (AvgIpc) is 2.92. The highest BCUT2D eigenvalue weighted by Gasteiger charge is 2.27. The SMILES string of the molecule is CC(O)C(NC(=O)c1cccc(O)c1O)C(=O)NCCNCCCCNCCCNC(=O)c1cccc(O)c1O. The molecule has 0 aliphatic carbocycles. The van der Waals surface area contributed by atoms with E-state index in [-0.39, 0.29) is 23.4 Å². The molecule has 0 radical (unpaired) electrons. The predicted octanol–water partition coefficient (Wildman–Crippen LogP) is -0.116. The third kappa shape index (κ3) is 10.2. The van der Waals surface area contributed by atoms with Crippen molar-refractivity contribution in [2.24, 2.45) is 0 Å². The van der Waals surface area contributed by atoms with Crippen molar-refractivity contribution in [3.63, 3.8) is 0 Å². The molecule has 2 aromatic carbocycles. The van der Waals surface area contributed by atoms with Crippen molar-refractivity contribution in [2.45, 2.75) is 38.3 Å². The standard InChI is InChI=1S/C27H39N5O8/c1-17(33)22(32-26(39)19-8-5-10-21(35)24(19)37)27(40)31-16-15-29-12-3-2-11-28-13-6-14-30-25(38)18-7-4-9-20(34)23(18)36/h4-5,7-10,17,22,28-29,33-37H,2-3,6,11-16H2,1H3,(H,30,38)(H,31,40)(H,32,39). The van der Waals surface area contributed by atoms with Crippen molar-refractivity contribution in [3.8, 4) is 23.0 Å². The van der Waals surface area contributed by atoms with E-state index >= 15 is 0 Å². The van der Waals surface area contributed by atoms with Gasteiger partial charge in [0.05, 0.1) is 17.2 Å². The second kappa shape index (κ2) is 16.8. The number of rotatable bonds is 17. The third-order valence-corrected chi connectivity index (χ3v) is 5.94. The molecule has 2 rings (SSSR count). The smallest absolute Gasteiger partial charge is 0.255 e. The van der Waals surface area contributed by atoms with Crippen molar-refractivity contribution in [1.82, 2.24) is 26.6 Å². The molecule has 0 heterocycles. The molecule has 0 saturated heterocycles. The van der Waals surface area contributed by atoms with Gasteiger partial charge in [0, 0.05) is 19.6 Å². The van der Waals surface area contributed by atoms with Crippen LogP contribution in [0, 0.1) is 0 Å². The summed E-state index contributed by atoms with van der Waals surface area (Å²) in [6, 6.07) is 6.86. The molecule has 10 N–H and O–H groups in total. The van der Waals surface area contributed by atoms with Crippen LogP contribution in [0.3, 0.4) is 0 Å². The van der Waals surface area contributed by atoms with Crippen molar-refractivity contribution in [2.75, 3.05) is 39.3 Å². The molecule has 3 amide bonds. The number of aromatic hydroxyl groups is 4. The second-order valence-electron chi connectivity index (χ2n) is 9.15. The number of benzene rings is 2. The highest BCUT2D eigenvalue weighted by molar-refractivity contribution is 6.00. The van der Waals surface area contributed by atoms with Crippen LogP contribution in [-0.2, 0) is 4.79 Å². The summed E-state index contributed by atoms with van der Waals surface area (Å²) in [5, 5.41) is 62.7. The van der Waals surface area contributed by atoms with Gasteiger partial charge in [-0.3, -0.25) is 14.4 Å². The normalized spacial score (nSPS) is 12.3. The molecular weight excluding hydrogens is 522 g/mol. The van der Waals surface area contributed by atoms with Gasteiger partial charge >= 0.3 is 0 Å². The van der Waals surface area contributed by atoms with E-state index < -0.39 is 47.1 Å². The Labute approximate surface area is 232 Å². The largest absolute Gasteiger partial charge is 0.504 e. The molecule has 0 saturated carbocycles. The maximum atomic E-state index is 12.4. The minimum absolute atomic E-state index is 0.0284. The lowest BCUT2D eigenvalue weighted by molar-refractivity contribution is -0.125. The maximum absolute atomic E-state index is 12.4. The fraction of sp³-hybridized carbons (Fsp3) is 0.444. The van der Waals surface area contributed by atoms with Crippen molar-refractivity contribution < 1.29 is 39.9 Å². The van der Waals surface area contributed by atoms with Gasteiger partial charge in [-0.25, -0.2) is 0 Å². The Bertz CT molecular complexity index is 1130. The minimum atomic E-state index is -1.24. The van der Waals surface area contributed by atoms with Gasteiger partial charge in [0.15, 0.2) is 23.0 Å². The summed E-state index contributed by atoms with van der Waals surface area (Å²) in [6.45, 7) is 4.78. The summed E-state index contributed by atoms with van der Waals surface area (Å²) in [5.41, 5.74) is -0.187. The summed E-state index contributed by atoms with van der Waals surface area (Å²) < 4.78 is 0. The number of aliphatic hydroxyl groups excluding tert-OH is 1. The van der Waals surface area contributed by atoms with Gasteiger partial charge < -0.3 is 52.1 Å². The number of carbonyl (C=O) groups excluding carboxylic acids is 3. The van der Waals surface area contributed by atoms with E-state index in [1.165, 1.54) is 43.3 Å². The molecule has 13 nitrogen and oxygen atoms in total. The first-order valence-electron chi connectivity index (χ1n) is 13.1. The van der Waals surface area contributed by atoms with Crippen LogP contribution in [0.2, 0.25) is 0 Å². The maximum Gasteiger partial charge on any atom is 0.255 e. The van der Waals surface area contributed by atoms with Crippen LogP contribution in [0.15, 0.2) is 36.4 Å². The number of amides is 3. The Hall–Kier alpha value is -4.07. The number of unbranched alkanes of at least 4 members (excludes halogenated alkanes) is 1. The van der Waals surface area contributed by atoms with Gasteiger partial charge in [-0.1, -0.05) is 12.1 Å².